The normalized spacial score (nSPS) is 8.82. The minimum atomic E-state index is 0.877. The third-order valence-corrected chi connectivity index (χ3v) is 1.33. The predicted molar refractivity (Wildman–Crippen MR) is 50.4 cm³/mol. The topological polar surface area (TPSA) is 12.0 Å². The molecule has 0 aromatic carbocycles. The summed E-state index contributed by atoms with van der Waals surface area (Å²) in [6.45, 7) is 6.19. The van der Waals surface area contributed by atoms with E-state index in [1.165, 1.54) is 5.57 Å². The van der Waals surface area contributed by atoms with E-state index >= 15 is 0 Å². The molecule has 0 heterocycles. The minimum Gasteiger partial charge on any atom is -0.313 e. The van der Waals surface area contributed by atoms with Gasteiger partial charge < -0.3 is 5.32 Å². The van der Waals surface area contributed by atoms with Gasteiger partial charge in [0.1, 0.15) is 0 Å². The summed E-state index contributed by atoms with van der Waals surface area (Å²) in [6.07, 6.45) is 9.23. The van der Waals surface area contributed by atoms with E-state index < -0.39 is 0 Å². The van der Waals surface area contributed by atoms with Crippen molar-refractivity contribution in [2.24, 2.45) is 0 Å². The van der Waals surface area contributed by atoms with Gasteiger partial charge in [-0.3, -0.25) is 0 Å². The molecule has 0 radical (unpaired) electrons. The first-order valence-corrected chi connectivity index (χ1v) is 4.05. The lowest BCUT2D eigenvalue weighted by atomic mass is 10.3. The van der Waals surface area contributed by atoms with Crippen LogP contribution >= 0.6 is 0 Å². The lowest BCUT2D eigenvalue weighted by molar-refractivity contribution is 0.704. The molecule has 0 fully saturated rings. The third kappa shape index (κ3) is 9.26. The number of rotatable bonds is 5. The molecule has 0 saturated carbocycles. The maximum atomic E-state index is 5.10. The highest BCUT2D eigenvalue weighted by molar-refractivity contribution is 4.94. The van der Waals surface area contributed by atoms with Crippen LogP contribution in [0, 0.1) is 12.3 Å². The summed E-state index contributed by atoms with van der Waals surface area (Å²) >= 11 is 0. The summed E-state index contributed by atoms with van der Waals surface area (Å²) in [5, 5.41) is 3.28. The largest absolute Gasteiger partial charge is 0.313 e. The second kappa shape index (κ2) is 7.37. The van der Waals surface area contributed by atoms with Gasteiger partial charge in [0, 0.05) is 13.0 Å². The Morgan fingerprint density at radius 2 is 2.27 bits per heavy atom. The smallest absolute Gasteiger partial charge is 0.0137 e. The molecule has 1 nitrogen and oxygen atoms in total. The summed E-state index contributed by atoms with van der Waals surface area (Å²) < 4.78 is 0. The van der Waals surface area contributed by atoms with Gasteiger partial charge in [0.25, 0.3) is 0 Å². The molecule has 0 aliphatic heterocycles. The van der Waals surface area contributed by atoms with Crippen molar-refractivity contribution in [2.75, 3.05) is 13.1 Å². The molecule has 0 amide bonds. The molecule has 11 heavy (non-hydrogen) atoms. The van der Waals surface area contributed by atoms with Gasteiger partial charge in [-0.1, -0.05) is 11.6 Å². The van der Waals surface area contributed by atoms with Gasteiger partial charge in [0.2, 0.25) is 0 Å². The van der Waals surface area contributed by atoms with Crippen molar-refractivity contribution in [3.63, 3.8) is 0 Å². The SMILES string of the molecule is C#CCCCNCC=C(C)C. The van der Waals surface area contributed by atoms with E-state index in [1.807, 2.05) is 0 Å². The van der Waals surface area contributed by atoms with Crippen LogP contribution in [0.25, 0.3) is 0 Å². The first-order valence-electron chi connectivity index (χ1n) is 4.05. The van der Waals surface area contributed by atoms with Crippen molar-refractivity contribution < 1.29 is 0 Å². The van der Waals surface area contributed by atoms with Crippen LogP contribution in [0.2, 0.25) is 0 Å². The van der Waals surface area contributed by atoms with Crippen LogP contribution in [0.5, 0.6) is 0 Å². The number of nitrogens with one attached hydrogen (secondary N) is 1. The molecule has 0 aromatic heterocycles. The van der Waals surface area contributed by atoms with Gasteiger partial charge in [-0.2, -0.15) is 0 Å². The molecule has 0 rings (SSSR count). The molecule has 62 valence electrons. The van der Waals surface area contributed by atoms with Gasteiger partial charge in [0.05, 0.1) is 0 Å². The molecule has 0 aromatic rings. The minimum absolute atomic E-state index is 0.877. The van der Waals surface area contributed by atoms with Crippen LogP contribution in [-0.4, -0.2) is 13.1 Å². The second-order valence-electron chi connectivity index (χ2n) is 2.79. The van der Waals surface area contributed by atoms with E-state index in [0.717, 1.165) is 25.9 Å². The van der Waals surface area contributed by atoms with Gasteiger partial charge in [-0.15, -0.1) is 12.3 Å². The summed E-state index contributed by atoms with van der Waals surface area (Å²) in [7, 11) is 0. The quantitative estimate of drug-likeness (QED) is 0.360. The number of hydrogen-bond donors (Lipinski definition) is 1. The molecule has 0 aliphatic carbocycles. The fourth-order valence-electron chi connectivity index (χ4n) is 0.694. The van der Waals surface area contributed by atoms with E-state index in [4.69, 9.17) is 6.42 Å². The molecular formula is C10H17N. The van der Waals surface area contributed by atoms with Crippen molar-refractivity contribution in [1.29, 1.82) is 0 Å². The molecule has 0 atom stereocenters. The monoisotopic (exact) mass is 151 g/mol. The average molecular weight is 151 g/mol. The maximum Gasteiger partial charge on any atom is 0.0137 e. The zero-order valence-corrected chi connectivity index (χ0v) is 7.48. The van der Waals surface area contributed by atoms with Crippen LogP contribution in [0.3, 0.4) is 0 Å². The van der Waals surface area contributed by atoms with Gasteiger partial charge in [-0.05, 0) is 26.8 Å². The van der Waals surface area contributed by atoms with Gasteiger partial charge in [-0.25, -0.2) is 0 Å². The molecule has 0 saturated heterocycles. The summed E-state index contributed by atoms with van der Waals surface area (Å²) in [5.41, 5.74) is 1.36. The molecule has 1 N–H and O–H groups in total. The van der Waals surface area contributed by atoms with Gasteiger partial charge >= 0.3 is 0 Å². The Morgan fingerprint density at radius 1 is 1.55 bits per heavy atom. The third-order valence-electron chi connectivity index (χ3n) is 1.33. The van der Waals surface area contributed by atoms with Crippen molar-refractivity contribution in [3.8, 4) is 12.3 Å². The van der Waals surface area contributed by atoms with E-state index in [-0.39, 0.29) is 0 Å². The number of hydrogen-bond acceptors (Lipinski definition) is 1. The number of terminal acetylenes is 1. The number of unbranched alkanes of at least 4 members (excludes halogenated alkanes) is 1. The fraction of sp³-hybridized carbons (Fsp3) is 0.600. The Morgan fingerprint density at radius 3 is 2.82 bits per heavy atom. The Labute approximate surface area is 69.9 Å². The lowest BCUT2D eigenvalue weighted by Gasteiger charge is -1.98. The van der Waals surface area contributed by atoms with Crippen LogP contribution in [0.1, 0.15) is 26.7 Å². The van der Waals surface area contributed by atoms with Crippen LogP contribution in [0.4, 0.5) is 0 Å². The average Bonchev–Trinajstić information content (AvgIpc) is 1.96. The Bertz CT molecular complexity index is 147. The summed E-state index contributed by atoms with van der Waals surface area (Å²) in [6, 6.07) is 0. The molecule has 0 bridgehead atoms. The molecule has 0 unspecified atom stereocenters. The Hall–Kier alpha value is -0.740. The lowest BCUT2D eigenvalue weighted by Crippen LogP contribution is -2.14. The standard InChI is InChI=1S/C10H17N/c1-4-5-6-8-11-9-7-10(2)3/h1,7,11H,5-6,8-9H2,2-3H3. The van der Waals surface area contributed by atoms with E-state index in [2.05, 4.69) is 31.2 Å². The Kier molecular flexibility index (Phi) is 6.87. The van der Waals surface area contributed by atoms with E-state index in [1.54, 1.807) is 0 Å². The zero-order valence-electron chi connectivity index (χ0n) is 7.48. The summed E-state index contributed by atoms with van der Waals surface area (Å²) in [4.78, 5) is 0. The van der Waals surface area contributed by atoms with Crippen LogP contribution in [0.15, 0.2) is 11.6 Å². The maximum absolute atomic E-state index is 5.10. The summed E-state index contributed by atoms with van der Waals surface area (Å²) in [5.74, 6) is 2.61. The fourth-order valence-corrected chi connectivity index (χ4v) is 0.694. The van der Waals surface area contributed by atoms with Gasteiger partial charge in [0.15, 0.2) is 0 Å². The zero-order chi connectivity index (χ0) is 8.53. The highest BCUT2D eigenvalue weighted by Gasteiger charge is 1.83. The van der Waals surface area contributed by atoms with E-state index in [9.17, 15) is 0 Å². The second-order valence-corrected chi connectivity index (χ2v) is 2.79. The highest BCUT2D eigenvalue weighted by atomic mass is 14.8. The van der Waals surface area contributed by atoms with Crippen molar-refractivity contribution in [1.82, 2.24) is 5.32 Å². The number of allylic oxidation sites excluding steroid dienone is 1. The molecular weight excluding hydrogens is 134 g/mol. The molecule has 0 spiro atoms. The Balaban J connectivity index is 3.04. The highest BCUT2D eigenvalue weighted by Crippen LogP contribution is 1.86. The molecule has 0 aliphatic rings. The van der Waals surface area contributed by atoms with Crippen molar-refractivity contribution in [2.45, 2.75) is 26.7 Å². The molecule has 1 heteroatoms. The van der Waals surface area contributed by atoms with Crippen molar-refractivity contribution >= 4 is 0 Å². The predicted octanol–water partition coefficient (Wildman–Crippen LogP) is 1.96. The van der Waals surface area contributed by atoms with E-state index in [0.29, 0.717) is 0 Å². The van der Waals surface area contributed by atoms with Crippen LogP contribution < -0.4 is 5.32 Å². The first-order chi connectivity index (χ1) is 5.27. The first kappa shape index (κ1) is 10.3. The van der Waals surface area contributed by atoms with Crippen molar-refractivity contribution in [3.05, 3.63) is 11.6 Å². The van der Waals surface area contributed by atoms with Crippen LogP contribution in [-0.2, 0) is 0 Å².